The van der Waals surface area contributed by atoms with Gasteiger partial charge < -0.3 is 19.7 Å². The van der Waals surface area contributed by atoms with Crippen molar-refractivity contribution in [3.05, 3.63) is 60.2 Å². The largest absolute Gasteiger partial charge is 0.493 e. The van der Waals surface area contributed by atoms with Gasteiger partial charge in [-0.05, 0) is 38.5 Å². The monoisotopic (exact) mass is 384 g/mol. The number of hydrogen-bond donors (Lipinski definition) is 1. The lowest BCUT2D eigenvalue weighted by Gasteiger charge is -2.29. The summed E-state index contributed by atoms with van der Waals surface area (Å²) in [6, 6.07) is 16.1. The second-order valence-corrected chi connectivity index (χ2v) is 6.79. The molecule has 0 aliphatic heterocycles. The standard InChI is InChI=1S/C22H28N2O4/c1-16(2)23-22(26)17(3)24(14-18-10-6-5-7-11-18)21(25)15-28-20-13-9-8-12-19(20)27-4/h5-13,16-17H,14-15H2,1-4H3,(H,23,26)/t17-/m0/s1. The van der Waals surface area contributed by atoms with Gasteiger partial charge in [-0.25, -0.2) is 0 Å². The first-order valence-corrected chi connectivity index (χ1v) is 9.32. The summed E-state index contributed by atoms with van der Waals surface area (Å²) >= 11 is 0. The molecule has 0 radical (unpaired) electrons. The van der Waals surface area contributed by atoms with E-state index in [0.717, 1.165) is 5.56 Å². The van der Waals surface area contributed by atoms with Crippen LogP contribution < -0.4 is 14.8 Å². The molecule has 2 aromatic carbocycles. The summed E-state index contributed by atoms with van der Waals surface area (Å²) in [6.07, 6.45) is 0. The average Bonchev–Trinajstić information content (AvgIpc) is 2.70. The maximum atomic E-state index is 12.9. The quantitative estimate of drug-likeness (QED) is 0.722. The molecule has 2 rings (SSSR count). The Morgan fingerprint density at radius 2 is 1.57 bits per heavy atom. The van der Waals surface area contributed by atoms with Crippen LogP contribution in [0.1, 0.15) is 26.3 Å². The van der Waals surface area contributed by atoms with E-state index < -0.39 is 6.04 Å². The summed E-state index contributed by atoms with van der Waals surface area (Å²) < 4.78 is 10.9. The minimum absolute atomic E-state index is 0.00606. The Balaban J connectivity index is 2.14. The SMILES string of the molecule is COc1ccccc1OCC(=O)N(Cc1ccccc1)[C@@H](C)C(=O)NC(C)C. The molecule has 2 aromatic rings. The molecule has 1 atom stereocenters. The molecule has 0 heterocycles. The van der Waals surface area contributed by atoms with Crippen LogP contribution in [0.25, 0.3) is 0 Å². The van der Waals surface area contributed by atoms with Crippen LogP contribution in [-0.4, -0.2) is 42.5 Å². The molecule has 0 bridgehead atoms. The molecule has 6 heteroatoms. The third-order valence-corrected chi connectivity index (χ3v) is 4.21. The van der Waals surface area contributed by atoms with Gasteiger partial charge in [0.25, 0.3) is 5.91 Å². The predicted octanol–water partition coefficient (Wildman–Crippen LogP) is 3.02. The van der Waals surface area contributed by atoms with E-state index in [0.29, 0.717) is 18.0 Å². The number of carbonyl (C=O) groups is 2. The number of nitrogens with one attached hydrogen (secondary N) is 1. The molecule has 0 fully saturated rings. The first kappa shape index (κ1) is 21.3. The summed E-state index contributed by atoms with van der Waals surface area (Å²) in [5, 5.41) is 2.86. The van der Waals surface area contributed by atoms with Crippen LogP contribution >= 0.6 is 0 Å². The molecule has 0 saturated heterocycles. The number of amides is 2. The Labute approximate surface area is 166 Å². The number of benzene rings is 2. The van der Waals surface area contributed by atoms with Gasteiger partial charge in [0.05, 0.1) is 7.11 Å². The van der Waals surface area contributed by atoms with E-state index in [1.807, 2.05) is 56.3 Å². The highest BCUT2D eigenvalue weighted by Gasteiger charge is 2.27. The van der Waals surface area contributed by atoms with Crippen LogP contribution in [-0.2, 0) is 16.1 Å². The zero-order valence-corrected chi connectivity index (χ0v) is 16.8. The molecule has 0 unspecified atom stereocenters. The first-order valence-electron chi connectivity index (χ1n) is 9.32. The Morgan fingerprint density at radius 1 is 0.964 bits per heavy atom. The van der Waals surface area contributed by atoms with Gasteiger partial charge in [0, 0.05) is 12.6 Å². The fourth-order valence-electron chi connectivity index (χ4n) is 2.73. The minimum Gasteiger partial charge on any atom is -0.493 e. The van der Waals surface area contributed by atoms with E-state index in [1.165, 1.54) is 4.90 Å². The van der Waals surface area contributed by atoms with Crippen LogP contribution in [0, 0.1) is 0 Å². The highest BCUT2D eigenvalue weighted by Crippen LogP contribution is 2.25. The van der Waals surface area contributed by atoms with Crippen LogP contribution in [0.3, 0.4) is 0 Å². The lowest BCUT2D eigenvalue weighted by Crippen LogP contribution is -2.50. The van der Waals surface area contributed by atoms with Gasteiger partial charge in [0.15, 0.2) is 18.1 Å². The Hall–Kier alpha value is -3.02. The topological polar surface area (TPSA) is 67.9 Å². The number of rotatable bonds is 9. The third-order valence-electron chi connectivity index (χ3n) is 4.21. The van der Waals surface area contributed by atoms with Gasteiger partial charge in [-0.15, -0.1) is 0 Å². The summed E-state index contributed by atoms with van der Waals surface area (Å²) in [7, 11) is 1.55. The molecule has 0 aliphatic rings. The molecule has 6 nitrogen and oxygen atoms in total. The summed E-state index contributed by atoms with van der Waals surface area (Å²) in [6.45, 7) is 5.63. The van der Waals surface area contributed by atoms with E-state index in [9.17, 15) is 9.59 Å². The molecular weight excluding hydrogens is 356 g/mol. The van der Waals surface area contributed by atoms with Gasteiger partial charge in [0.1, 0.15) is 6.04 Å². The van der Waals surface area contributed by atoms with Crippen LogP contribution in [0.4, 0.5) is 0 Å². The Bertz CT molecular complexity index is 777. The molecule has 1 N–H and O–H groups in total. The number of hydrogen-bond acceptors (Lipinski definition) is 4. The summed E-state index contributed by atoms with van der Waals surface area (Å²) in [5.41, 5.74) is 0.942. The van der Waals surface area contributed by atoms with Gasteiger partial charge in [-0.2, -0.15) is 0 Å². The van der Waals surface area contributed by atoms with Crippen molar-refractivity contribution in [3.63, 3.8) is 0 Å². The van der Waals surface area contributed by atoms with Crippen molar-refractivity contribution in [3.8, 4) is 11.5 Å². The minimum atomic E-state index is -0.628. The van der Waals surface area contributed by atoms with E-state index in [1.54, 1.807) is 26.2 Å². The van der Waals surface area contributed by atoms with E-state index in [2.05, 4.69) is 5.32 Å². The lowest BCUT2D eigenvalue weighted by molar-refractivity contribution is -0.142. The van der Waals surface area contributed by atoms with Crippen LogP contribution in [0.2, 0.25) is 0 Å². The van der Waals surface area contributed by atoms with Crippen LogP contribution in [0.5, 0.6) is 11.5 Å². The van der Waals surface area contributed by atoms with E-state index >= 15 is 0 Å². The predicted molar refractivity (Wildman–Crippen MR) is 108 cm³/mol. The van der Waals surface area contributed by atoms with E-state index in [-0.39, 0.29) is 24.5 Å². The van der Waals surface area contributed by atoms with E-state index in [4.69, 9.17) is 9.47 Å². The molecule has 0 saturated carbocycles. The second kappa shape index (κ2) is 10.3. The van der Waals surface area contributed by atoms with Crippen molar-refractivity contribution in [2.75, 3.05) is 13.7 Å². The van der Waals surface area contributed by atoms with Gasteiger partial charge in [-0.1, -0.05) is 42.5 Å². The number of para-hydroxylation sites is 2. The van der Waals surface area contributed by atoms with Crippen molar-refractivity contribution in [2.45, 2.75) is 39.4 Å². The first-order chi connectivity index (χ1) is 13.4. The molecule has 0 spiro atoms. The molecule has 2 amide bonds. The number of ether oxygens (including phenoxy) is 2. The molecule has 28 heavy (non-hydrogen) atoms. The van der Waals surface area contributed by atoms with Gasteiger partial charge in [-0.3, -0.25) is 9.59 Å². The summed E-state index contributed by atoms with van der Waals surface area (Å²) in [5.74, 6) is 0.561. The zero-order valence-electron chi connectivity index (χ0n) is 16.8. The highest BCUT2D eigenvalue weighted by atomic mass is 16.5. The third kappa shape index (κ3) is 6.01. The van der Waals surface area contributed by atoms with Crippen LogP contribution in [0.15, 0.2) is 54.6 Å². The average molecular weight is 384 g/mol. The fraction of sp³-hybridized carbons (Fsp3) is 0.364. The Morgan fingerprint density at radius 3 is 2.18 bits per heavy atom. The number of methoxy groups -OCH3 is 1. The Kier molecular flexibility index (Phi) is 7.87. The van der Waals surface area contributed by atoms with Gasteiger partial charge >= 0.3 is 0 Å². The number of carbonyl (C=O) groups excluding carboxylic acids is 2. The normalized spacial score (nSPS) is 11.6. The molecule has 0 aromatic heterocycles. The van der Waals surface area contributed by atoms with Crippen molar-refractivity contribution in [1.82, 2.24) is 10.2 Å². The second-order valence-electron chi connectivity index (χ2n) is 6.79. The molecular formula is C22H28N2O4. The maximum absolute atomic E-state index is 12.9. The smallest absolute Gasteiger partial charge is 0.261 e. The van der Waals surface area contributed by atoms with Crippen molar-refractivity contribution in [2.24, 2.45) is 0 Å². The van der Waals surface area contributed by atoms with Crippen molar-refractivity contribution in [1.29, 1.82) is 0 Å². The molecule has 0 aliphatic carbocycles. The maximum Gasteiger partial charge on any atom is 0.261 e. The highest BCUT2D eigenvalue weighted by molar-refractivity contribution is 5.88. The van der Waals surface area contributed by atoms with Crippen molar-refractivity contribution < 1.29 is 19.1 Å². The molecule has 150 valence electrons. The van der Waals surface area contributed by atoms with Crippen molar-refractivity contribution >= 4 is 11.8 Å². The summed E-state index contributed by atoms with van der Waals surface area (Å²) in [4.78, 5) is 27.0. The zero-order chi connectivity index (χ0) is 20.5. The fourth-order valence-corrected chi connectivity index (χ4v) is 2.73. The number of nitrogens with zero attached hydrogens (tertiary/aromatic N) is 1. The van der Waals surface area contributed by atoms with Gasteiger partial charge in [0.2, 0.25) is 5.91 Å². The lowest BCUT2D eigenvalue weighted by atomic mass is 10.1.